The first-order valence-electron chi connectivity index (χ1n) is 13.3. The van der Waals surface area contributed by atoms with Crippen molar-refractivity contribution < 1.29 is 15.0 Å². The van der Waals surface area contributed by atoms with Gasteiger partial charge in [-0.15, -0.1) is 0 Å². The molecule has 3 rings (SSSR count). The molecular weight excluding hydrogens is 396 g/mol. The Morgan fingerprint density at radius 3 is 2.50 bits per heavy atom. The predicted octanol–water partition coefficient (Wildman–Crippen LogP) is 6.34. The Morgan fingerprint density at radius 1 is 1.16 bits per heavy atom. The molecule has 0 aromatic carbocycles. The number of fused-ring (bicyclic) bond motifs is 1. The summed E-state index contributed by atoms with van der Waals surface area (Å²) < 4.78 is 0. The van der Waals surface area contributed by atoms with Gasteiger partial charge in [0.15, 0.2) is 0 Å². The Kier molecular flexibility index (Phi) is 8.14. The molecule has 0 bridgehead atoms. The minimum absolute atomic E-state index is 0.0196. The summed E-state index contributed by atoms with van der Waals surface area (Å²) >= 11 is 0. The smallest absolute Gasteiger partial charge is 0.146 e. The fourth-order valence-corrected chi connectivity index (χ4v) is 7.63. The lowest BCUT2D eigenvalue weighted by Crippen LogP contribution is -2.47. The van der Waals surface area contributed by atoms with Crippen molar-refractivity contribution in [3.8, 4) is 0 Å². The summed E-state index contributed by atoms with van der Waals surface area (Å²) in [5, 5.41) is 20.2. The van der Waals surface area contributed by atoms with Crippen LogP contribution in [0.5, 0.6) is 0 Å². The lowest BCUT2D eigenvalue weighted by Gasteiger charge is -2.47. The third-order valence-electron chi connectivity index (χ3n) is 9.88. The first kappa shape index (κ1) is 25.7. The SMILES string of the molecule is CCC(/C=C/C(C)C1CCC(C2CC=C3CC(O)CCC3(C)C2=O)C1(C)CCO)C(C)C. The van der Waals surface area contributed by atoms with Crippen LogP contribution in [0.2, 0.25) is 0 Å². The van der Waals surface area contributed by atoms with E-state index in [0.717, 1.165) is 38.5 Å². The van der Waals surface area contributed by atoms with E-state index in [-0.39, 0.29) is 24.0 Å². The van der Waals surface area contributed by atoms with E-state index in [1.165, 1.54) is 12.0 Å². The van der Waals surface area contributed by atoms with Gasteiger partial charge in [0.25, 0.3) is 0 Å². The van der Waals surface area contributed by atoms with E-state index >= 15 is 0 Å². The van der Waals surface area contributed by atoms with Gasteiger partial charge in [-0.1, -0.05) is 58.4 Å². The molecule has 0 spiro atoms. The van der Waals surface area contributed by atoms with Crippen molar-refractivity contribution in [1.82, 2.24) is 0 Å². The summed E-state index contributed by atoms with van der Waals surface area (Å²) in [5.74, 6) is 3.01. The van der Waals surface area contributed by atoms with E-state index < -0.39 is 5.41 Å². The van der Waals surface area contributed by atoms with Gasteiger partial charge in [0.05, 0.1) is 6.10 Å². The van der Waals surface area contributed by atoms with Crippen molar-refractivity contribution in [3.05, 3.63) is 23.8 Å². The van der Waals surface area contributed by atoms with Gasteiger partial charge in [-0.25, -0.2) is 0 Å². The molecule has 0 aromatic heterocycles. The second kappa shape index (κ2) is 10.1. The van der Waals surface area contributed by atoms with Crippen molar-refractivity contribution in [1.29, 1.82) is 0 Å². The number of Topliss-reactive ketones (excluding diaryl/α,β-unsaturated/α-hetero) is 1. The van der Waals surface area contributed by atoms with Crippen LogP contribution in [0.15, 0.2) is 23.8 Å². The highest BCUT2D eigenvalue weighted by Crippen LogP contribution is 2.59. The zero-order valence-electron chi connectivity index (χ0n) is 21.4. The average Bonchev–Trinajstić information content (AvgIpc) is 3.07. The van der Waals surface area contributed by atoms with Gasteiger partial charge in [0.2, 0.25) is 0 Å². The number of aliphatic hydroxyl groups excluding tert-OH is 2. The normalized spacial score (nSPS) is 39.9. The standard InChI is InChI=1S/C29H48O3/c1-7-21(19(2)3)9-8-20(4)25-12-13-26(29(25,6)16-17-30)24-11-10-22-18-23(31)14-15-28(22,5)27(24)32/h8-10,19-21,23-26,30-31H,7,11-18H2,1-6H3/b9-8+. The molecule has 2 saturated carbocycles. The van der Waals surface area contributed by atoms with Gasteiger partial charge < -0.3 is 10.2 Å². The van der Waals surface area contributed by atoms with Gasteiger partial charge in [-0.3, -0.25) is 4.79 Å². The monoisotopic (exact) mass is 444 g/mol. The topological polar surface area (TPSA) is 57.5 Å². The van der Waals surface area contributed by atoms with Crippen LogP contribution in [0, 0.1) is 46.3 Å². The number of ketones is 1. The fraction of sp³-hybridized carbons (Fsp3) is 0.828. The van der Waals surface area contributed by atoms with Crippen LogP contribution in [0.3, 0.4) is 0 Å². The molecule has 0 saturated heterocycles. The highest BCUT2D eigenvalue weighted by atomic mass is 16.3. The van der Waals surface area contributed by atoms with Crippen LogP contribution in [-0.2, 0) is 4.79 Å². The quantitative estimate of drug-likeness (QED) is 0.429. The lowest BCUT2D eigenvalue weighted by molar-refractivity contribution is -0.136. The molecule has 3 aliphatic carbocycles. The first-order chi connectivity index (χ1) is 15.1. The van der Waals surface area contributed by atoms with E-state index in [4.69, 9.17) is 0 Å². The third kappa shape index (κ3) is 4.67. The molecule has 3 nitrogen and oxygen atoms in total. The Labute approximate surface area is 196 Å². The van der Waals surface area contributed by atoms with E-state index in [2.05, 4.69) is 59.8 Å². The molecular formula is C29H48O3. The molecule has 3 aliphatic rings. The van der Waals surface area contributed by atoms with Crippen molar-refractivity contribution in [3.63, 3.8) is 0 Å². The van der Waals surface area contributed by atoms with E-state index in [1.807, 2.05) is 0 Å². The molecule has 3 heteroatoms. The maximum Gasteiger partial charge on any atom is 0.146 e. The fourth-order valence-electron chi connectivity index (χ4n) is 7.63. The van der Waals surface area contributed by atoms with E-state index in [9.17, 15) is 15.0 Å². The number of aliphatic hydroxyl groups is 2. The number of hydrogen-bond donors (Lipinski definition) is 2. The number of allylic oxidation sites excluding steroid dienone is 3. The molecule has 0 aliphatic heterocycles. The molecule has 2 fully saturated rings. The van der Waals surface area contributed by atoms with Gasteiger partial charge in [-0.2, -0.15) is 0 Å². The van der Waals surface area contributed by atoms with Crippen LogP contribution < -0.4 is 0 Å². The van der Waals surface area contributed by atoms with Crippen LogP contribution in [0.4, 0.5) is 0 Å². The maximum absolute atomic E-state index is 13.9. The first-order valence-corrected chi connectivity index (χ1v) is 13.3. The highest BCUT2D eigenvalue weighted by molar-refractivity contribution is 5.91. The largest absolute Gasteiger partial charge is 0.396 e. The van der Waals surface area contributed by atoms with Gasteiger partial charge >= 0.3 is 0 Å². The van der Waals surface area contributed by atoms with Crippen molar-refractivity contribution in [2.24, 2.45) is 46.3 Å². The zero-order valence-corrected chi connectivity index (χ0v) is 21.4. The Hall–Kier alpha value is -0.930. The molecule has 182 valence electrons. The lowest BCUT2D eigenvalue weighted by atomic mass is 9.56. The van der Waals surface area contributed by atoms with Crippen molar-refractivity contribution in [2.45, 2.75) is 99.0 Å². The van der Waals surface area contributed by atoms with Crippen LogP contribution in [0.25, 0.3) is 0 Å². The molecule has 0 aromatic rings. The molecule has 8 unspecified atom stereocenters. The molecule has 2 N–H and O–H groups in total. The number of hydrogen-bond acceptors (Lipinski definition) is 3. The summed E-state index contributed by atoms with van der Waals surface area (Å²) in [6, 6.07) is 0. The van der Waals surface area contributed by atoms with Crippen molar-refractivity contribution >= 4 is 5.78 Å². The van der Waals surface area contributed by atoms with Crippen LogP contribution in [0.1, 0.15) is 92.9 Å². The van der Waals surface area contributed by atoms with Crippen LogP contribution >= 0.6 is 0 Å². The molecule has 8 atom stereocenters. The molecule has 0 amide bonds. The second-order valence-corrected chi connectivity index (χ2v) is 12.0. The Morgan fingerprint density at radius 2 is 1.88 bits per heavy atom. The van der Waals surface area contributed by atoms with Gasteiger partial charge in [-0.05, 0) is 93.3 Å². The van der Waals surface area contributed by atoms with Gasteiger partial charge in [0.1, 0.15) is 5.78 Å². The van der Waals surface area contributed by atoms with E-state index in [1.54, 1.807) is 0 Å². The Bertz CT molecular complexity index is 722. The number of carbonyl (C=O) groups is 1. The third-order valence-corrected chi connectivity index (χ3v) is 9.88. The maximum atomic E-state index is 13.9. The Balaban J connectivity index is 1.84. The summed E-state index contributed by atoms with van der Waals surface area (Å²) in [6.07, 6.45) is 14.0. The van der Waals surface area contributed by atoms with E-state index in [0.29, 0.717) is 41.8 Å². The highest BCUT2D eigenvalue weighted by Gasteiger charge is 2.55. The molecule has 0 radical (unpaired) electrons. The minimum atomic E-state index is -0.391. The summed E-state index contributed by atoms with van der Waals surface area (Å²) in [5.41, 5.74) is 0.762. The summed E-state index contributed by atoms with van der Waals surface area (Å²) in [7, 11) is 0. The number of carbonyl (C=O) groups excluding carboxylic acids is 1. The predicted molar refractivity (Wildman–Crippen MR) is 132 cm³/mol. The second-order valence-electron chi connectivity index (χ2n) is 12.0. The number of rotatable bonds is 8. The van der Waals surface area contributed by atoms with Gasteiger partial charge in [0, 0.05) is 17.9 Å². The summed E-state index contributed by atoms with van der Waals surface area (Å²) in [6.45, 7) is 13.9. The van der Waals surface area contributed by atoms with Crippen molar-refractivity contribution in [2.75, 3.05) is 6.61 Å². The summed E-state index contributed by atoms with van der Waals surface area (Å²) in [4.78, 5) is 13.9. The molecule has 32 heavy (non-hydrogen) atoms. The zero-order chi connectivity index (χ0) is 23.7. The average molecular weight is 445 g/mol. The minimum Gasteiger partial charge on any atom is -0.396 e. The molecule has 0 heterocycles. The van der Waals surface area contributed by atoms with Crippen LogP contribution in [-0.4, -0.2) is 28.7 Å².